The van der Waals surface area contributed by atoms with Gasteiger partial charge >= 0.3 is 0 Å². The second kappa shape index (κ2) is 6.60. The van der Waals surface area contributed by atoms with Crippen molar-refractivity contribution in [2.75, 3.05) is 0 Å². The van der Waals surface area contributed by atoms with Crippen LogP contribution in [0.5, 0.6) is 0 Å². The Morgan fingerprint density at radius 1 is 0.533 bits per heavy atom. The Labute approximate surface area is 175 Å². The quantitative estimate of drug-likeness (QED) is 0.292. The van der Waals surface area contributed by atoms with Gasteiger partial charge in [0.05, 0.1) is 0 Å². The van der Waals surface area contributed by atoms with Gasteiger partial charge in [-0.3, -0.25) is 0 Å². The molecule has 0 aliphatic rings. The molecule has 0 radical (unpaired) electrons. The maximum Gasteiger partial charge on any atom is 0.143 e. The van der Waals surface area contributed by atoms with E-state index in [-0.39, 0.29) is 0 Å². The number of hydrogen-bond acceptors (Lipinski definition) is 1. The normalized spacial score (nSPS) is 11.5. The molecule has 30 heavy (non-hydrogen) atoms. The van der Waals surface area contributed by atoms with Gasteiger partial charge in [-0.05, 0) is 34.9 Å². The van der Waals surface area contributed by atoms with Crippen molar-refractivity contribution in [1.82, 2.24) is 0 Å². The lowest BCUT2D eigenvalue weighted by Crippen LogP contribution is -1.81. The molecule has 0 atom stereocenters. The van der Waals surface area contributed by atoms with Crippen molar-refractivity contribution in [1.29, 1.82) is 0 Å². The summed E-state index contributed by atoms with van der Waals surface area (Å²) in [5, 5.41) is 4.81. The van der Waals surface area contributed by atoms with Gasteiger partial charge in [-0.2, -0.15) is 0 Å². The van der Waals surface area contributed by atoms with E-state index in [1.165, 1.54) is 32.8 Å². The molecule has 0 saturated carbocycles. The highest BCUT2D eigenvalue weighted by Crippen LogP contribution is 2.43. The summed E-state index contributed by atoms with van der Waals surface area (Å²) < 4.78 is 6.67. The van der Waals surface area contributed by atoms with Crippen LogP contribution in [0.15, 0.2) is 108 Å². The molecule has 0 N–H and O–H groups in total. The van der Waals surface area contributed by atoms with Crippen LogP contribution in [0.4, 0.5) is 0 Å². The third-order valence-corrected chi connectivity index (χ3v) is 5.90. The first-order chi connectivity index (χ1) is 14.8. The van der Waals surface area contributed by atoms with Crippen molar-refractivity contribution >= 4 is 32.7 Å². The SMILES string of the molecule is Cc1cccc(-c2cccc3c2oc2c(-c4ccccc4)cc4ccccc4c23)c1. The predicted molar refractivity (Wildman–Crippen MR) is 127 cm³/mol. The van der Waals surface area contributed by atoms with E-state index in [4.69, 9.17) is 4.42 Å². The summed E-state index contributed by atoms with van der Waals surface area (Å²) in [4.78, 5) is 0. The molecule has 5 aromatic carbocycles. The largest absolute Gasteiger partial charge is 0.455 e. The van der Waals surface area contributed by atoms with Crippen LogP contribution in [0.1, 0.15) is 5.56 Å². The average molecular weight is 384 g/mol. The summed E-state index contributed by atoms with van der Waals surface area (Å²) in [5.41, 5.74) is 7.78. The fourth-order valence-electron chi connectivity index (χ4n) is 4.52. The van der Waals surface area contributed by atoms with Gasteiger partial charge in [-0.1, -0.05) is 103 Å². The van der Waals surface area contributed by atoms with Crippen molar-refractivity contribution in [2.45, 2.75) is 6.92 Å². The number of para-hydroxylation sites is 1. The number of aryl methyl sites for hydroxylation is 1. The zero-order valence-corrected chi connectivity index (χ0v) is 16.7. The maximum absolute atomic E-state index is 6.67. The summed E-state index contributed by atoms with van der Waals surface area (Å²) >= 11 is 0. The monoisotopic (exact) mass is 384 g/mol. The standard InChI is InChI=1S/C29H20O/c1-19-9-7-13-21(17-19)24-15-8-16-25-27-23-14-6-5-12-22(23)18-26(29(27)30-28(24)25)20-10-3-2-4-11-20/h2-18H,1H3. The van der Waals surface area contributed by atoms with Crippen LogP contribution in [-0.4, -0.2) is 0 Å². The van der Waals surface area contributed by atoms with Gasteiger partial charge in [0.2, 0.25) is 0 Å². The van der Waals surface area contributed by atoms with Gasteiger partial charge in [0.25, 0.3) is 0 Å². The number of fused-ring (bicyclic) bond motifs is 5. The third-order valence-electron chi connectivity index (χ3n) is 5.90. The molecule has 0 aliphatic carbocycles. The van der Waals surface area contributed by atoms with Crippen molar-refractivity contribution in [2.24, 2.45) is 0 Å². The molecule has 1 nitrogen and oxygen atoms in total. The minimum atomic E-state index is 0.951. The lowest BCUT2D eigenvalue weighted by atomic mass is 9.95. The van der Waals surface area contributed by atoms with E-state index in [0.717, 1.165) is 27.7 Å². The topological polar surface area (TPSA) is 13.1 Å². The minimum absolute atomic E-state index is 0.951. The highest BCUT2D eigenvalue weighted by molar-refractivity contribution is 6.24. The van der Waals surface area contributed by atoms with Gasteiger partial charge in [0.15, 0.2) is 0 Å². The fraction of sp³-hybridized carbons (Fsp3) is 0.0345. The van der Waals surface area contributed by atoms with Crippen molar-refractivity contribution in [3.05, 3.63) is 109 Å². The molecule has 0 spiro atoms. The Morgan fingerprint density at radius 2 is 1.27 bits per heavy atom. The van der Waals surface area contributed by atoms with Crippen molar-refractivity contribution < 1.29 is 4.42 Å². The number of rotatable bonds is 2. The van der Waals surface area contributed by atoms with E-state index in [0.29, 0.717) is 0 Å². The Balaban J connectivity index is 1.79. The lowest BCUT2D eigenvalue weighted by Gasteiger charge is -2.06. The zero-order valence-electron chi connectivity index (χ0n) is 16.7. The minimum Gasteiger partial charge on any atom is -0.455 e. The second-order valence-corrected chi connectivity index (χ2v) is 7.87. The van der Waals surface area contributed by atoms with E-state index < -0.39 is 0 Å². The highest BCUT2D eigenvalue weighted by Gasteiger charge is 2.18. The summed E-state index contributed by atoms with van der Waals surface area (Å²) in [6.07, 6.45) is 0. The molecule has 0 fully saturated rings. The molecule has 1 aromatic heterocycles. The molecule has 0 aliphatic heterocycles. The smallest absolute Gasteiger partial charge is 0.143 e. The van der Waals surface area contributed by atoms with Gasteiger partial charge in [0, 0.05) is 21.9 Å². The van der Waals surface area contributed by atoms with Crippen LogP contribution in [0.2, 0.25) is 0 Å². The van der Waals surface area contributed by atoms with Crippen LogP contribution < -0.4 is 0 Å². The van der Waals surface area contributed by atoms with Gasteiger partial charge < -0.3 is 4.42 Å². The fourth-order valence-corrected chi connectivity index (χ4v) is 4.52. The van der Waals surface area contributed by atoms with E-state index in [1.54, 1.807) is 0 Å². The second-order valence-electron chi connectivity index (χ2n) is 7.87. The van der Waals surface area contributed by atoms with Crippen molar-refractivity contribution in [3.63, 3.8) is 0 Å². The first-order valence-electron chi connectivity index (χ1n) is 10.3. The molecule has 142 valence electrons. The first-order valence-corrected chi connectivity index (χ1v) is 10.3. The van der Waals surface area contributed by atoms with E-state index >= 15 is 0 Å². The van der Waals surface area contributed by atoms with Gasteiger partial charge in [0.1, 0.15) is 11.2 Å². The summed E-state index contributed by atoms with van der Waals surface area (Å²) in [6.45, 7) is 2.13. The van der Waals surface area contributed by atoms with E-state index in [2.05, 4.69) is 110 Å². The van der Waals surface area contributed by atoms with Crippen LogP contribution in [0, 0.1) is 6.92 Å². The van der Waals surface area contributed by atoms with Crippen LogP contribution >= 0.6 is 0 Å². The molecule has 6 aromatic rings. The van der Waals surface area contributed by atoms with Crippen LogP contribution in [-0.2, 0) is 0 Å². The van der Waals surface area contributed by atoms with Gasteiger partial charge in [-0.15, -0.1) is 0 Å². The molecule has 0 amide bonds. The van der Waals surface area contributed by atoms with E-state index in [9.17, 15) is 0 Å². The summed E-state index contributed by atoms with van der Waals surface area (Å²) in [6, 6.07) is 36.4. The number of benzene rings is 5. The maximum atomic E-state index is 6.67. The number of hydrogen-bond donors (Lipinski definition) is 0. The Bertz CT molecular complexity index is 1540. The van der Waals surface area contributed by atoms with Crippen molar-refractivity contribution in [3.8, 4) is 22.3 Å². The lowest BCUT2D eigenvalue weighted by molar-refractivity contribution is 0.671. The first kappa shape index (κ1) is 17.1. The average Bonchev–Trinajstić information content (AvgIpc) is 3.19. The molecule has 1 heterocycles. The summed E-state index contributed by atoms with van der Waals surface area (Å²) in [7, 11) is 0. The highest BCUT2D eigenvalue weighted by atomic mass is 16.3. The van der Waals surface area contributed by atoms with Crippen LogP contribution in [0.3, 0.4) is 0 Å². The summed E-state index contributed by atoms with van der Waals surface area (Å²) in [5.74, 6) is 0. The molecule has 0 unspecified atom stereocenters. The predicted octanol–water partition coefficient (Wildman–Crippen LogP) is 8.38. The molecule has 1 heteroatoms. The van der Waals surface area contributed by atoms with E-state index in [1.807, 2.05) is 0 Å². The Hall–Kier alpha value is -3.84. The van der Waals surface area contributed by atoms with Crippen LogP contribution in [0.25, 0.3) is 55.0 Å². The molecular formula is C29H20O. The third kappa shape index (κ3) is 2.56. The molecule has 0 saturated heterocycles. The Morgan fingerprint density at radius 3 is 2.13 bits per heavy atom. The zero-order chi connectivity index (χ0) is 20.1. The molecule has 0 bridgehead atoms. The Kier molecular flexibility index (Phi) is 3.75. The molecular weight excluding hydrogens is 364 g/mol. The number of furan rings is 1. The van der Waals surface area contributed by atoms with Gasteiger partial charge in [-0.25, -0.2) is 0 Å². The molecule has 6 rings (SSSR count).